The molecule has 0 unspecified atom stereocenters. The molecule has 0 saturated heterocycles. The fourth-order valence-electron chi connectivity index (χ4n) is 2.50. The number of benzene rings is 1. The predicted octanol–water partition coefficient (Wildman–Crippen LogP) is 2.60. The highest BCUT2D eigenvalue weighted by Gasteiger charge is 2.13. The van der Waals surface area contributed by atoms with Crippen molar-refractivity contribution in [2.45, 2.75) is 13.1 Å². The number of rotatable bonds is 8. The third-order valence-electron chi connectivity index (χ3n) is 3.88. The van der Waals surface area contributed by atoms with Crippen LogP contribution in [-0.2, 0) is 13.1 Å². The van der Waals surface area contributed by atoms with Gasteiger partial charge in [-0.05, 0) is 29.3 Å². The van der Waals surface area contributed by atoms with Gasteiger partial charge in [-0.3, -0.25) is 4.99 Å². The lowest BCUT2D eigenvalue weighted by Crippen LogP contribution is -2.36. The van der Waals surface area contributed by atoms with Crippen LogP contribution in [0.2, 0.25) is 0 Å². The van der Waals surface area contributed by atoms with Gasteiger partial charge in [-0.2, -0.15) is 0 Å². The van der Waals surface area contributed by atoms with Crippen molar-refractivity contribution in [2.24, 2.45) is 4.99 Å². The molecule has 1 heterocycles. The van der Waals surface area contributed by atoms with Crippen LogP contribution in [-0.4, -0.2) is 46.4 Å². The first-order valence-corrected chi connectivity index (χ1v) is 8.37. The summed E-state index contributed by atoms with van der Waals surface area (Å²) in [5.74, 6) is 3.04. The summed E-state index contributed by atoms with van der Waals surface area (Å²) in [6.07, 6.45) is 1.71. The average Bonchev–Trinajstić information content (AvgIpc) is 2.73. The highest BCUT2D eigenvalue weighted by molar-refractivity contribution is 14.0. The lowest BCUT2D eigenvalue weighted by atomic mass is 10.2. The summed E-state index contributed by atoms with van der Waals surface area (Å²) < 4.78 is 21.2. The van der Waals surface area contributed by atoms with Gasteiger partial charge in [-0.15, -0.1) is 24.0 Å². The Balaban J connectivity index is 0.00000392. The van der Waals surface area contributed by atoms with Gasteiger partial charge in [0.15, 0.2) is 17.5 Å². The lowest BCUT2D eigenvalue weighted by molar-refractivity contribution is 0.323. The monoisotopic (exact) mass is 502 g/mol. The van der Waals surface area contributed by atoms with E-state index in [4.69, 9.17) is 18.9 Å². The molecule has 1 aromatic heterocycles. The van der Waals surface area contributed by atoms with Crippen LogP contribution in [0.25, 0.3) is 0 Å². The Kier molecular flexibility index (Phi) is 10.2. The van der Waals surface area contributed by atoms with E-state index in [9.17, 15) is 0 Å². The molecule has 0 fully saturated rings. The van der Waals surface area contributed by atoms with Gasteiger partial charge in [0, 0.05) is 32.4 Å². The van der Waals surface area contributed by atoms with Crippen LogP contribution in [0.4, 0.5) is 0 Å². The quantitative estimate of drug-likeness (QED) is 0.326. The standard InChI is InChI=1S/C19H26N4O4.HI/c1-20-19(22-11-13-6-7-21-17(10-13)26-4)23-12-14-8-15(24-2)18(27-5)16(9-14)25-3;/h6-10H,11-12H2,1-5H3,(H2,20,22,23);1H. The van der Waals surface area contributed by atoms with Crippen LogP contribution >= 0.6 is 24.0 Å². The molecule has 9 heteroatoms. The second kappa shape index (κ2) is 12.1. The number of ether oxygens (including phenoxy) is 4. The molecular weight excluding hydrogens is 475 g/mol. The van der Waals surface area contributed by atoms with Crippen LogP contribution in [0, 0.1) is 0 Å². The van der Waals surface area contributed by atoms with Gasteiger partial charge in [-0.1, -0.05) is 0 Å². The first kappa shape index (κ1) is 23.6. The largest absolute Gasteiger partial charge is 0.493 e. The highest BCUT2D eigenvalue weighted by atomic mass is 127. The zero-order valence-corrected chi connectivity index (χ0v) is 19.1. The third kappa shape index (κ3) is 6.32. The van der Waals surface area contributed by atoms with Crippen molar-refractivity contribution in [2.75, 3.05) is 35.5 Å². The van der Waals surface area contributed by atoms with E-state index < -0.39 is 0 Å². The van der Waals surface area contributed by atoms with Crippen molar-refractivity contribution in [3.63, 3.8) is 0 Å². The molecule has 8 nitrogen and oxygen atoms in total. The van der Waals surface area contributed by atoms with Gasteiger partial charge in [0.2, 0.25) is 11.6 Å². The normalized spacial score (nSPS) is 10.5. The van der Waals surface area contributed by atoms with E-state index in [0.717, 1.165) is 11.1 Å². The number of aliphatic imine (C=N–C) groups is 1. The first-order chi connectivity index (χ1) is 13.1. The van der Waals surface area contributed by atoms with Crippen LogP contribution in [0.3, 0.4) is 0 Å². The summed E-state index contributed by atoms with van der Waals surface area (Å²) >= 11 is 0. The summed E-state index contributed by atoms with van der Waals surface area (Å²) in [5.41, 5.74) is 2.01. The molecule has 0 aliphatic rings. The molecule has 0 bridgehead atoms. The Hall–Kier alpha value is -2.43. The Morgan fingerprint density at radius 2 is 1.50 bits per heavy atom. The zero-order chi connectivity index (χ0) is 19.6. The minimum absolute atomic E-state index is 0. The molecule has 2 N–H and O–H groups in total. The summed E-state index contributed by atoms with van der Waals surface area (Å²) in [5, 5.41) is 6.52. The van der Waals surface area contributed by atoms with Gasteiger partial charge in [0.1, 0.15) is 0 Å². The highest BCUT2D eigenvalue weighted by Crippen LogP contribution is 2.38. The number of guanidine groups is 1. The Bertz CT molecular complexity index is 761. The van der Waals surface area contributed by atoms with Gasteiger partial charge >= 0.3 is 0 Å². The van der Waals surface area contributed by atoms with Gasteiger partial charge < -0.3 is 29.6 Å². The fraction of sp³-hybridized carbons (Fsp3) is 0.368. The molecule has 28 heavy (non-hydrogen) atoms. The molecule has 0 amide bonds. The molecule has 2 rings (SSSR count). The molecular formula is C19H27IN4O4. The zero-order valence-electron chi connectivity index (χ0n) is 16.7. The van der Waals surface area contributed by atoms with E-state index >= 15 is 0 Å². The van der Waals surface area contributed by atoms with Crippen molar-refractivity contribution >= 4 is 29.9 Å². The number of nitrogens with zero attached hydrogens (tertiary/aromatic N) is 2. The minimum atomic E-state index is 0. The van der Waals surface area contributed by atoms with E-state index in [1.807, 2.05) is 24.3 Å². The minimum Gasteiger partial charge on any atom is -0.493 e. The topological polar surface area (TPSA) is 86.2 Å². The molecule has 1 aromatic carbocycles. The maximum absolute atomic E-state index is 5.38. The maximum Gasteiger partial charge on any atom is 0.213 e. The number of hydrogen-bond donors (Lipinski definition) is 2. The summed E-state index contributed by atoms with van der Waals surface area (Å²) in [4.78, 5) is 8.34. The number of pyridine rings is 1. The summed E-state index contributed by atoms with van der Waals surface area (Å²) in [6, 6.07) is 7.59. The summed E-state index contributed by atoms with van der Waals surface area (Å²) in [6.45, 7) is 1.13. The molecule has 2 aromatic rings. The van der Waals surface area contributed by atoms with Crippen LogP contribution in [0.5, 0.6) is 23.1 Å². The van der Waals surface area contributed by atoms with Crippen molar-refractivity contribution < 1.29 is 18.9 Å². The predicted molar refractivity (Wildman–Crippen MR) is 119 cm³/mol. The van der Waals surface area contributed by atoms with E-state index in [1.54, 1.807) is 41.7 Å². The van der Waals surface area contributed by atoms with Crippen LogP contribution in [0.15, 0.2) is 35.5 Å². The van der Waals surface area contributed by atoms with Crippen LogP contribution < -0.4 is 29.6 Å². The number of aromatic nitrogens is 1. The van der Waals surface area contributed by atoms with Gasteiger partial charge in [-0.25, -0.2) is 4.98 Å². The van der Waals surface area contributed by atoms with E-state index in [1.165, 1.54) is 0 Å². The molecule has 0 aliphatic heterocycles. The smallest absolute Gasteiger partial charge is 0.213 e. The molecule has 0 atom stereocenters. The molecule has 0 spiro atoms. The Morgan fingerprint density at radius 3 is 2.00 bits per heavy atom. The van der Waals surface area contributed by atoms with Gasteiger partial charge in [0.25, 0.3) is 0 Å². The van der Waals surface area contributed by atoms with Crippen LogP contribution in [0.1, 0.15) is 11.1 Å². The van der Waals surface area contributed by atoms with Crippen molar-refractivity contribution in [1.29, 1.82) is 0 Å². The number of methoxy groups -OCH3 is 4. The van der Waals surface area contributed by atoms with E-state index in [2.05, 4.69) is 20.6 Å². The molecule has 0 aliphatic carbocycles. The van der Waals surface area contributed by atoms with Crippen molar-refractivity contribution in [3.05, 3.63) is 41.6 Å². The second-order valence-corrected chi connectivity index (χ2v) is 5.52. The Morgan fingerprint density at radius 1 is 0.893 bits per heavy atom. The molecule has 154 valence electrons. The first-order valence-electron chi connectivity index (χ1n) is 8.37. The third-order valence-corrected chi connectivity index (χ3v) is 3.88. The maximum atomic E-state index is 5.38. The van der Waals surface area contributed by atoms with Crippen molar-refractivity contribution in [3.8, 4) is 23.1 Å². The fourth-order valence-corrected chi connectivity index (χ4v) is 2.50. The number of hydrogen-bond acceptors (Lipinski definition) is 6. The second-order valence-electron chi connectivity index (χ2n) is 5.52. The SMILES string of the molecule is CN=C(NCc1ccnc(OC)c1)NCc1cc(OC)c(OC)c(OC)c1.I. The number of nitrogens with one attached hydrogen (secondary N) is 2. The lowest BCUT2D eigenvalue weighted by Gasteiger charge is -2.16. The van der Waals surface area contributed by atoms with Gasteiger partial charge in [0.05, 0.1) is 28.4 Å². The molecule has 0 radical (unpaired) electrons. The Labute approximate surface area is 182 Å². The van der Waals surface area contributed by atoms with Crippen molar-refractivity contribution in [1.82, 2.24) is 15.6 Å². The van der Waals surface area contributed by atoms with E-state index in [0.29, 0.717) is 42.2 Å². The molecule has 0 saturated carbocycles. The summed E-state index contributed by atoms with van der Waals surface area (Å²) in [7, 11) is 8.09. The average molecular weight is 502 g/mol. The number of halogens is 1. The van der Waals surface area contributed by atoms with E-state index in [-0.39, 0.29) is 24.0 Å².